The summed E-state index contributed by atoms with van der Waals surface area (Å²) in [6.07, 6.45) is 12.7. The number of halogens is 1. The van der Waals surface area contributed by atoms with Gasteiger partial charge in [0.2, 0.25) is 0 Å². The fourth-order valence-electron chi connectivity index (χ4n) is 7.11. The second-order valence-electron chi connectivity index (χ2n) is 9.64. The number of hydrogen-bond donors (Lipinski definition) is 0. The minimum Gasteiger partial charge on any atom is -0.346 e. The number of rotatable bonds is 0. The Labute approximate surface area is 174 Å². The number of hydrogen-bond acceptors (Lipinski definition) is 2. The summed E-state index contributed by atoms with van der Waals surface area (Å²) in [4.78, 5) is 0.293. The summed E-state index contributed by atoms with van der Waals surface area (Å²) in [6.45, 7) is 12.8. The van der Waals surface area contributed by atoms with Crippen LogP contribution in [0.25, 0.3) is 0 Å². The molecule has 5 aliphatic rings. The molecule has 6 unspecified atom stereocenters. The summed E-state index contributed by atoms with van der Waals surface area (Å²) in [5.74, 6) is 1.92. The number of allylic oxidation sites excluding steroid dienone is 3. The van der Waals surface area contributed by atoms with Crippen molar-refractivity contribution < 1.29 is 9.47 Å². The maximum atomic E-state index is 6.29. The van der Waals surface area contributed by atoms with Crippen LogP contribution in [0.4, 0.5) is 0 Å². The summed E-state index contributed by atoms with van der Waals surface area (Å²) in [5.41, 5.74) is 3.87. The molecule has 1 spiro atoms. The highest BCUT2D eigenvalue weighted by molar-refractivity contribution is 9.09. The zero-order valence-corrected chi connectivity index (χ0v) is 19.4. The zero-order chi connectivity index (χ0) is 19.4. The molecule has 0 amide bonds. The topological polar surface area (TPSA) is 18.5 Å². The van der Waals surface area contributed by atoms with Gasteiger partial charge in [-0.25, -0.2) is 0 Å². The van der Waals surface area contributed by atoms with Gasteiger partial charge in [0.1, 0.15) is 0 Å². The van der Waals surface area contributed by atoms with Crippen LogP contribution in [0.5, 0.6) is 0 Å². The molecule has 5 rings (SSSR count). The van der Waals surface area contributed by atoms with Crippen molar-refractivity contribution in [2.24, 2.45) is 28.6 Å². The lowest BCUT2D eigenvalue weighted by Crippen LogP contribution is -2.52. The van der Waals surface area contributed by atoms with Crippen LogP contribution < -0.4 is 0 Å². The summed E-state index contributed by atoms with van der Waals surface area (Å²) in [7, 11) is 0. The van der Waals surface area contributed by atoms with Gasteiger partial charge in [0.05, 0.1) is 18.0 Å². The van der Waals surface area contributed by atoms with Gasteiger partial charge in [-0.2, -0.15) is 0 Å². The maximum Gasteiger partial charge on any atom is 0.190 e. The molecule has 152 valence electrons. The normalized spacial score (nSPS) is 47.2. The van der Waals surface area contributed by atoms with E-state index in [-0.39, 0.29) is 5.41 Å². The smallest absolute Gasteiger partial charge is 0.190 e. The van der Waals surface area contributed by atoms with Gasteiger partial charge in [0, 0.05) is 5.41 Å². The van der Waals surface area contributed by atoms with Gasteiger partial charge in [-0.05, 0) is 61.7 Å². The van der Waals surface area contributed by atoms with Crippen molar-refractivity contribution in [3.63, 3.8) is 0 Å². The van der Waals surface area contributed by atoms with Crippen molar-refractivity contribution in [1.29, 1.82) is 0 Å². The summed E-state index contributed by atoms with van der Waals surface area (Å²) in [5, 5.41) is 0. The van der Waals surface area contributed by atoms with Crippen molar-refractivity contribution in [2.45, 2.75) is 83.8 Å². The SMILES string of the molecule is CC.CC1C=CC2(C)C(CCC3=C4CC(Br)C5(OCCO5)C4(C)CCC32)C1. The Morgan fingerprint density at radius 1 is 1.11 bits per heavy atom. The van der Waals surface area contributed by atoms with Gasteiger partial charge >= 0.3 is 0 Å². The molecule has 1 aliphatic heterocycles. The summed E-state index contributed by atoms with van der Waals surface area (Å²) >= 11 is 3.96. The van der Waals surface area contributed by atoms with E-state index in [1.165, 1.54) is 32.1 Å². The van der Waals surface area contributed by atoms with Crippen LogP contribution in [0.2, 0.25) is 0 Å². The molecule has 2 nitrogen and oxygen atoms in total. The van der Waals surface area contributed by atoms with E-state index in [9.17, 15) is 0 Å². The van der Waals surface area contributed by atoms with Gasteiger partial charge in [0.25, 0.3) is 0 Å². The van der Waals surface area contributed by atoms with Crippen LogP contribution in [0.1, 0.15) is 73.1 Å². The van der Waals surface area contributed by atoms with E-state index in [1.807, 2.05) is 13.8 Å². The number of alkyl halides is 1. The molecule has 3 heteroatoms. The molecular weight excluding hydrogens is 400 g/mol. The third-order valence-electron chi connectivity index (χ3n) is 8.52. The first kappa shape index (κ1) is 20.2. The molecule has 3 fully saturated rings. The average Bonchev–Trinajstić information content (AvgIpc) is 3.25. The van der Waals surface area contributed by atoms with Crippen LogP contribution in [-0.4, -0.2) is 23.8 Å². The maximum absolute atomic E-state index is 6.29. The first-order valence-corrected chi connectivity index (χ1v) is 12.2. The molecule has 0 N–H and O–H groups in total. The van der Waals surface area contributed by atoms with Crippen LogP contribution in [-0.2, 0) is 9.47 Å². The van der Waals surface area contributed by atoms with Gasteiger partial charge in [-0.15, -0.1) is 0 Å². The molecule has 0 aromatic heterocycles. The van der Waals surface area contributed by atoms with E-state index >= 15 is 0 Å². The molecular formula is C24H37BrO2. The molecule has 1 heterocycles. The van der Waals surface area contributed by atoms with Crippen molar-refractivity contribution >= 4 is 15.9 Å². The molecule has 2 saturated carbocycles. The predicted molar refractivity (Wildman–Crippen MR) is 115 cm³/mol. The van der Waals surface area contributed by atoms with Gasteiger partial charge in [-0.3, -0.25) is 0 Å². The standard InChI is InChI=1S/C22H31BrO2.C2H6/c1-14-6-8-20(2)15(12-14)4-5-16-17(20)7-9-21(3)18(16)13-19(23)22(21)24-10-11-25-22;1-2/h6,8,14-15,17,19H,4-5,7,9-13H2,1-3H3;1-2H3. The van der Waals surface area contributed by atoms with E-state index < -0.39 is 5.79 Å². The number of fused-ring (bicyclic) bond motifs is 5. The summed E-state index contributed by atoms with van der Waals surface area (Å²) in [6, 6.07) is 0. The lowest BCUT2D eigenvalue weighted by molar-refractivity contribution is -0.208. The fourth-order valence-corrected chi connectivity index (χ4v) is 8.20. The van der Waals surface area contributed by atoms with Crippen LogP contribution >= 0.6 is 15.9 Å². The third-order valence-corrected chi connectivity index (χ3v) is 9.45. The van der Waals surface area contributed by atoms with Gasteiger partial charge in [0.15, 0.2) is 5.79 Å². The van der Waals surface area contributed by atoms with Gasteiger partial charge in [-0.1, -0.05) is 73.8 Å². The highest BCUT2D eigenvalue weighted by Crippen LogP contribution is 2.67. The number of ether oxygens (including phenoxy) is 2. The Kier molecular flexibility index (Phi) is 5.22. The Bertz CT molecular complexity index is 647. The van der Waals surface area contributed by atoms with Crippen LogP contribution in [0.15, 0.2) is 23.3 Å². The minimum absolute atomic E-state index is 0.0539. The highest BCUT2D eigenvalue weighted by Gasteiger charge is 2.66. The molecule has 0 radical (unpaired) electrons. The Balaban J connectivity index is 0.000000872. The monoisotopic (exact) mass is 436 g/mol. The fraction of sp³-hybridized carbons (Fsp3) is 0.833. The Hall–Kier alpha value is -0.120. The summed E-state index contributed by atoms with van der Waals surface area (Å²) < 4.78 is 12.6. The average molecular weight is 437 g/mol. The van der Waals surface area contributed by atoms with Crippen LogP contribution in [0, 0.1) is 28.6 Å². The van der Waals surface area contributed by atoms with Crippen molar-refractivity contribution in [3.05, 3.63) is 23.3 Å². The largest absolute Gasteiger partial charge is 0.346 e. The molecule has 0 aromatic rings. The Morgan fingerprint density at radius 2 is 1.81 bits per heavy atom. The van der Waals surface area contributed by atoms with E-state index in [2.05, 4.69) is 48.9 Å². The zero-order valence-electron chi connectivity index (χ0n) is 17.8. The highest BCUT2D eigenvalue weighted by atomic mass is 79.9. The van der Waals surface area contributed by atoms with E-state index in [0.29, 0.717) is 10.2 Å². The lowest BCUT2D eigenvalue weighted by atomic mass is 9.50. The molecule has 0 aromatic carbocycles. The minimum atomic E-state index is -0.422. The van der Waals surface area contributed by atoms with Crippen LogP contribution in [0.3, 0.4) is 0 Å². The molecule has 27 heavy (non-hydrogen) atoms. The van der Waals surface area contributed by atoms with E-state index in [1.54, 1.807) is 11.1 Å². The molecule has 1 saturated heterocycles. The predicted octanol–water partition coefficient (Wildman–Crippen LogP) is 6.65. The van der Waals surface area contributed by atoms with Crippen molar-refractivity contribution in [2.75, 3.05) is 13.2 Å². The first-order chi connectivity index (χ1) is 12.9. The Morgan fingerprint density at radius 3 is 2.52 bits per heavy atom. The molecule has 0 bridgehead atoms. The third kappa shape index (κ3) is 2.63. The van der Waals surface area contributed by atoms with E-state index in [4.69, 9.17) is 9.47 Å². The van der Waals surface area contributed by atoms with Crippen molar-refractivity contribution in [3.8, 4) is 0 Å². The second-order valence-corrected chi connectivity index (χ2v) is 10.7. The molecule has 6 atom stereocenters. The quantitative estimate of drug-likeness (QED) is 0.312. The van der Waals surface area contributed by atoms with E-state index in [0.717, 1.165) is 37.4 Å². The molecule has 4 aliphatic carbocycles. The lowest BCUT2D eigenvalue weighted by Gasteiger charge is -2.55. The van der Waals surface area contributed by atoms with Gasteiger partial charge < -0.3 is 9.47 Å². The second kappa shape index (κ2) is 6.99. The first-order valence-electron chi connectivity index (χ1n) is 11.2. The van der Waals surface area contributed by atoms with Crippen molar-refractivity contribution in [1.82, 2.24) is 0 Å².